The highest BCUT2D eigenvalue weighted by molar-refractivity contribution is 9.10. The second kappa shape index (κ2) is 5.92. The molecule has 0 amide bonds. The fourth-order valence-electron chi connectivity index (χ4n) is 1.37. The monoisotopic (exact) mass is 346 g/mol. The van der Waals surface area contributed by atoms with Crippen LogP contribution in [0, 0.1) is 0 Å². The lowest BCUT2D eigenvalue weighted by atomic mass is 10.4. The first-order chi connectivity index (χ1) is 8.58. The fraction of sp³-hybridized carbons (Fsp3) is 0.182. The van der Waals surface area contributed by atoms with Gasteiger partial charge in [0.25, 0.3) is 0 Å². The van der Waals surface area contributed by atoms with Gasteiger partial charge >= 0.3 is 0 Å². The van der Waals surface area contributed by atoms with Gasteiger partial charge in [-0.2, -0.15) is 0 Å². The SMILES string of the molecule is O=S(=O)(NCCc1cncs1)c1ccc(Br)cc1. The minimum atomic E-state index is -3.42. The molecule has 0 fully saturated rings. The summed E-state index contributed by atoms with van der Waals surface area (Å²) in [5.41, 5.74) is 1.73. The molecule has 1 N–H and O–H groups in total. The maximum atomic E-state index is 11.9. The smallest absolute Gasteiger partial charge is 0.240 e. The van der Waals surface area contributed by atoms with Crippen LogP contribution in [0.4, 0.5) is 0 Å². The van der Waals surface area contributed by atoms with Crippen molar-refractivity contribution < 1.29 is 8.42 Å². The third-order valence-corrected chi connectivity index (χ3v) is 5.12. The van der Waals surface area contributed by atoms with Gasteiger partial charge in [0, 0.05) is 22.1 Å². The van der Waals surface area contributed by atoms with Gasteiger partial charge in [-0.05, 0) is 30.7 Å². The highest BCUT2D eigenvalue weighted by atomic mass is 79.9. The predicted molar refractivity (Wildman–Crippen MR) is 75.1 cm³/mol. The van der Waals surface area contributed by atoms with Crippen LogP contribution in [-0.4, -0.2) is 19.9 Å². The van der Waals surface area contributed by atoms with E-state index in [0.717, 1.165) is 9.35 Å². The van der Waals surface area contributed by atoms with E-state index in [-0.39, 0.29) is 4.90 Å². The summed E-state index contributed by atoms with van der Waals surface area (Å²) in [6.07, 6.45) is 2.40. The highest BCUT2D eigenvalue weighted by Crippen LogP contribution is 2.14. The van der Waals surface area contributed by atoms with Gasteiger partial charge in [0.05, 0.1) is 10.4 Å². The Kier molecular flexibility index (Phi) is 4.50. The van der Waals surface area contributed by atoms with Crippen molar-refractivity contribution in [1.29, 1.82) is 0 Å². The van der Waals surface area contributed by atoms with Gasteiger partial charge in [-0.1, -0.05) is 15.9 Å². The van der Waals surface area contributed by atoms with Crippen molar-refractivity contribution >= 4 is 37.3 Å². The molecule has 2 rings (SSSR count). The quantitative estimate of drug-likeness (QED) is 0.904. The Bertz CT molecular complexity index is 594. The van der Waals surface area contributed by atoms with Crippen molar-refractivity contribution in [2.24, 2.45) is 0 Å². The number of aromatic nitrogens is 1. The summed E-state index contributed by atoms with van der Waals surface area (Å²) in [4.78, 5) is 5.28. The molecule has 0 atom stereocenters. The van der Waals surface area contributed by atoms with Crippen molar-refractivity contribution in [1.82, 2.24) is 9.71 Å². The third kappa shape index (κ3) is 3.61. The molecule has 1 aromatic heterocycles. The van der Waals surface area contributed by atoms with E-state index in [1.165, 1.54) is 11.3 Å². The Morgan fingerprint density at radius 2 is 2.00 bits per heavy atom. The molecule has 0 saturated heterocycles. The van der Waals surface area contributed by atoms with E-state index in [4.69, 9.17) is 0 Å². The van der Waals surface area contributed by atoms with E-state index >= 15 is 0 Å². The molecular formula is C11H11BrN2O2S2. The van der Waals surface area contributed by atoms with Gasteiger partial charge < -0.3 is 0 Å². The molecule has 1 heterocycles. The zero-order chi connectivity index (χ0) is 13.0. The van der Waals surface area contributed by atoms with Gasteiger partial charge in [0.15, 0.2) is 0 Å². The second-order valence-corrected chi connectivity index (χ2v) is 7.22. The maximum Gasteiger partial charge on any atom is 0.240 e. The minimum Gasteiger partial charge on any atom is -0.253 e. The average Bonchev–Trinajstić information content (AvgIpc) is 2.82. The lowest BCUT2D eigenvalue weighted by molar-refractivity contribution is 0.582. The number of thiazole rings is 1. The Balaban J connectivity index is 1.97. The molecule has 96 valence electrons. The van der Waals surface area contributed by atoms with Crippen LogP contribution in [0.1, 0.15) is 4.88 Å². The Morgan fingerprint density at radius 3 is 2.61 bits per heavy atom. The van der Waals surface area contributed by atoms with E-state index in [2.05, 4.69) is 25.6 Å². The fourth-order valence-corrected chi connectivity index (χ4v) is 3.27. The van der Waals surface area contributed by atoms with Gasteiger partial charge in [-0.25, -0.2) is 13.1 Å². The normalized spacial score (nSPS) is 11.6. The molecule has 0 aliphatic heterocycles. The first-order valence-electron chi connectivity index (χ1n) is 5.20. The molecule has 0 spiro atoms. The van der Waals surface area contributed by atoms with E-state index < -0.39 is 10.0 Å². The van der Waals surface area contributed by atoms with Crippen molar-refractivity contribution in [2.75, 3.05) is 6.54 Å². The maximum absolute atomic E-state index is 11.9. The molecule has 0 aliphatic rings. The highest BCUT2D eigenvalue weighted by Gasteiger charge is 2.12. The van der Waals surface area contributed by atoms with Crippen LogP contribution >= 0.6 is 27.3 Å². The number of halogens is 1. The van der Waals surface area contributed by atoms with Crippen LogP contribution in [0.5, 0.6) is 0 Å². The lowest BCUT2D eigenvalue weighted by Gasteiger charge is -2.05. The van der Waals surface area contributed by atoms with E-state index in [9.17, 15) is 8.42 Å². The average molecular weight is 347 g/mol. The lowest BCUT2D eigenvalue weighted by Crippen LogP contribution is -2.25. The molecule has 7 heteroatoms. The van der Waals surface area contributed by atoms with Crippen LogP contribution in [0.3, 0.4) is 0 Å². The van der Waals surface area contributed by atoms with Gasteiger partial charge in [0.1, 0.15) is 0 Å². The largest absolute Gasteiger partial charge is 0.253 e. The first-order valence-corrected chi connectivity index (χ1v) is 8.36. The Labute approximate surface area is 118 Å². The molecule has 1 aromatic carbocycles. The summed E-state index contributed by atoms with van der Waals surface area (Å²) in [7, 11) is -3.42. The van der Waals surface area contributed by atoms with Crippen molar-refractivity contribution in [2.45, 2.75) is 11.3 Å². The van der Waals surface area contributed by atoms with Crippen LogP contribution in [0.2, 0.25) is 0 Å². The van der Waals surface area contributed by atoms with Gasteiger partial charge in [-0.15, -0.1) is 11.3 Å². The number of hydrogen-bond donors (Lipinski definition) is 1. The predicted octanol–water partition coefficient (Wildman–Crippen LogP) is 2.43. The summed E-state index contributed by atoms with van der Waals surface area (Å²) in [6, 6.07) is 6.55. The summed E-state index contributed by atoms with van der Waals surface area (Å²) < 4.78 is 27.3. The number of rotatable bonds is 5. The number of nitrogens with zero attached hydrogens (tertiary/aromatic N) is 1. The summed E-state index contributed by atoms with van der Waals surface area (Å²) in [5.74, 6) is 0. The summed E-state index contributed by atoms with van der Waals surface area (Å²) in [6.45, 7) is 0.376. The van der Waals surface area contributed by atoms with Crippen molar-refractivity contribution in [3.05, 3.63) is 45.3 Å². The van der Waals surface area contributed by atoms with Gasteiger partial charge in [-0.3, -0.25) is 4.98 Å². The molecule has 18 heavy (non-hydrogen) atoms. The zero-order valence-electron chi connectivity index (χ0n) is 9.34. The molecule has 4 nitrogen and oxygen atoms in total. The Morgan fingerprint density at radius 1 is 1.28 bits per heavy atom. The molecule has 0 aliphatic carbocycles. The van der Waals surface area contributed by atoms with Crippen LogP contribution in [0.15, 0.2) is 45.3 Å². The van der Waals surface area contributed by atoms with E-state index in [1.807, 2.05) is 0 Å². The number of nitrogens with one attached hydrogen (secondary N) is 1. The van der Waals surface area contributed by atoms with Crippen molar-refractivity contribution in [3.63, 3.8) is 0 Å². The molecule has 0 radical (unpaired) electrons. The topological polar surface area (TPSA) is 59.1 Å². The van der Waals surface area contributed by atoms with Crippen LogP contribution < -0.4 is 4.72 Å². The first kappa shape index (κ1) is 13.7. The van der Waals surface area contributed by atoms with Crippen LogP contribution in [0.25, 0.3) is 0 Å². The summed E-state index contributed by atoms with van der Waals surface area (Å²) >= 11 is 4.79. The summed E-state index contributed by atoms with van der Waals surface area (Å²) in [5, 5.41) is 0. The minimum absolute atomic E-state index is 0.273. The zero-order valence-corrected chi connectivity index (χ0v) is 12.6. The van der Waals surface area contributed by atoms with Crippen molar-refractivity contribution in [3.8, 4) is 0 Å². The van der Waals surface area contributed by atoms with E-state index in [0.29, 0.717) is 13.0 Å². The molecule has 2 aromatic rings. The van der Waals surface area contributed by atoms with E-state index in [1.54, 1.807) is 36.0 Å². The third-order valence-electron chi connectivity index (χ3n) is 2.27. The van der Waals surface area contributed by atoms with Crippen LogP contribution in [-0.2, 0) is 16.4 Å². The number of sulfonamides is 1. The number of hydrogen-bond acceptors (Lipinski definition) is 4. The molecule has 0 saturated carbocycles. The second-order valence-electron chi connectivity index (χ2n) is 3.57. The molecule has 0 bridgehead atoms. The number of benzene rings is 1. The Hall–Kier alpha value is -0.760. The standard InChI is InChI=1S/C11H11BrN2O2S2/c12-9-1-3-11(4-2-9)18(15,16)14-6-5-10-7-13-8-17-10/h1-4,7-8,14H,5-6H2. The van der Waals surface area contributed by atoms with Gasteiger partial charge in [0.2, 0.25) is 10.0 Å². The molecule has 0 unspecified atom stereocenters. The molecular weight excluding hydrogens is 336 g/mol.